The summed E-state index contributed by atoms with van der Waals surface area (Å²) in [5.41, 5.74) is 0.307. The van der Waals surface area contributed by atoms with Gasteiger partial charge < -0.3 is 14.6 Å². The molecule has 2 aromatic carbocycles. The predicted molar refractivity (Wildman–Crippen MR) is 118 cm³/mol. The summed E-state index contributed by atoms with van der Waals surface area (Å²) in [6.07, 6.45) is 0. The average Bonchev–Trinajstić information content (AvgIpc) is 3.19. The lowest BCUT2D eigenvalue weighted by Crippen LogP contribution is -2.16. The molecule has 0 aliphatic carbocycles. The van der Waals surface area contributed by atoms with Crippen molar-refractivity contribution in [3.05, 3.63) is 65.9 Å². The lowest BCUT2D eigenvalue weighted by molar-refractivity contribution is 0.102. The maximum Gasteiger partial charge on any atom is 0.261 e. The average molecular weight is 444 g/mol. The third-order valence-electron chi connectivity index (χ3n) is 4.32. The van der Waals surface area contributed by atoms with E-state index in [0.717, 1.165) is 0 Å². The van der Waals surface area contributed by atoms with Crippen LogP contribution >= 0.6 is 0 Å². The lowest BCUT2D eigenvalue weighted by atomic mass is 9.93. The predicted octanol–water partition coefficient (Wildman–Crippen LogP) is 4.42. The van der Waals surface area contributed by atoms with Crippen LogP contribution in [-0.2, 0) is 15.4 Å². The Kier molecular flexibility index (Phi) is 6.35. The summed E-state index contributed by atoms with van der Waals surface area (Å²) in [6, 6.07) is 14.0. The molecule has 1 aromatic heterocycles. The highest BCUT2D eigenvalue weighted by molar-refractivity contribution is 7.92. The van der Waals surface area contributed by atoms with Crippen molar-refractivity contribution in [3.8, 4) is 5.75 Å². The van der Waals surface area contributed by atoms with E-state index < -0.39 is 15.9 Å². The number of rotatable bonds is 7. The number of carbonyl (C=O) groups is 1. The van der Waals surface area contributed by atoms with Gasteiger partial charge in [-0.1, -0.05) is 32.0 Å². The van der Waals surface area contributed by atoms with Gasteiger partial charge in [-0.25, -0.2) is 8.42 Å². The maximum atomic E-state index is 12.8. The van der Waals surface area contributed by atoms with Gasteiger partial charge in [0.25, 0.3) is 15.9 Å². The number of hydrogen-bond acceptors (Lipinski definition) is 6. The first kappa shape index (κ1) is 22.4. The SMILES string of the molecule is CCOc1ccc(NS(=O)(=O)c2cccc(C(=O)Nc3cc(C(C)(C)C)on3)c2)cc1. The van der Waals surface area contributed by atoms with Crippen molar-refractivity contribution >= 4 is 27.4 Å². The number of nitrogens with one attached hydrogen (secondary N) is 2. The van der Waals surface area contributed by atoms with Gasteiger partial charge >= 0.3 is 0 Å². The normalized spacial score (nSPS) is 11.7. The summed E-state index contributed by atoms with van der Waals surface area (Å²) in [6.45, 7) is 8.28. The summed E-state index contributed by atoms with van der Waals surface area (Å²) in [4.78, 5) is 12.6. The molecule has 1 amide bonds. The van der Waals surface area contributed by atoms with Gasteiger partial charge in [0.05, 0.1) is 11.5 Å². The molecule has 0 fully saturated rings. The Morgan fingerprint density at radius 2 is 1.81 bits per heavy atom. The number of hydrogen-bond donors (Lipinski definition) is 2. The molecule has 31 heavy (non-hydrogen) atoms. The van der Waals surface area contributed by atoms with Crippen LogP contribution in [0.4, 0.5) is 11.5 Å². The van der Waals surface area contributed by atoms with Gasteiger partial charge in [0.1, 0.15) is 11.5 Å². The van der Waals surface area contributed by atoms with Crippen molar-refractivity contribution < 1.29 is 22.5 Å². The van der Waals surface area contributed by atoms with Crippen LogP contribution in [0.15, 0.2) is 64.0 Å². The van der Waals surface area contributed by atoms with E-state index in [0.29, 0.717) is 23.8 Å². The molecule has 0 aliphatic heterocycles. The van der Waals surface area contributed by atoms with E-state index in [1.54, 1.807) is 30.3 Å². The number of amides is 1. The first-order valence-electron chi connectivity index (χ1n) is 9.73. The Balaban J connectivity index is 1.75. The first-order chi connectivity index (χ1) is 14.6. The molecular formula is C22H25N3O5S. The minimum absolute atomic E-state index is 0.0374. The van der Waals surface area contributed by atoms with Crippen LogP contribution in [0.3, 0.4) is 0 Å². The summed E-state index contributed by atoms with van der Waals surface area (Å²) in [5, 5.41) is 6.47. The highest BCUT2D eigenvalue weighted by atomic mass is 32.2. The van der Waals surface area contributed by atoms with Gasteiger partial charge in [0.2, 0.25) is 0 Å². The van der Waals surface area contributed by atoms with E-state index in [9.17, 15) is 13.2 Å². The number of nitrogens with zero attached hydrogens (tertiary/aromatic N) is 1. The number of carbonyl (C=O) groups excluding carboxylic acids is 1. The van der Waals surface area contributed by atoms with Crippen LogP contribution < -0.4 is 14.8 Å². The van der Waals surface area contributed by atoms with Crippen LogP contribution in [0.25, 0.3) is 0 Å². The molecule has 164 valence electrons. The molecule has 3 rings (SSSR count). The van der Waals surface area contributed by atoms with Crippen molar-refractivity contribution in [3.63, 3.8) is 0 Å². The molecule has 0 atom stereocenters. The molecule has 8 nitrogen and oxygen atoms in total. The molecule has 1 heterocycles. The quantitative estimate of drug-likeness (QED) is 0.559. The Labute approximate surface area is 181 Å². The Morgan fingerprint density at radius 3 is 2.42 bits per heavy atom. The second-order valence-electron chi connectivity index (χ2n) is 7.87. The van der Waals surface area contributed by atoms with Crippen LogP contribution in [0.2, 0.25) is 0 Å². The number of sulfonamides is 1. The molecule has 0 radical (unpaired) electrons. The Hall–Kier alpha value is -3.33. The van der Waals surface area contributed by atoms with Crippen LogP contribution in [0.1, 0.15) is 43.8 Å². The molecule has 9 heteroatoms. The first-order valence-corrected chi connectivity index (χ1v) is 11.2. The summed E-state index contributed by atoms with van der Waals surface area (Å²) >= 11 is 0. The fourth-order valence-electron chi connectivity index (χ4n) is 2.68. The molecule has 0 saturated carbocycles. The number of benzene rings is 2. The molecule has 0 saturated heterocycles. The molecule has 0 spiro atoms. The molecule has 0 aliphatic rings. The topological polar surface area (TPSA) is 111 Å². The monoisotopic (exact) mass is 443 g/mol. The molecule has 0 bridgehead atoms. The molecule has 2 N–H and O–H groups in total. The Bertz CT molecular complexity index is 1160. The third-order valence-corrected chi connectivity index (χ3v) is 5.69. The lowest BCUT2D eigenvalue weighted by Gasteiger charge is -2.12. The smallest absolute Gasteiger partial charge is 0.261 e. The van der Waals surface area contributed by atoms with Gasteiger partial charge in [-0.2, -0.15) is 0 Å². The van der Waals surface area contributed by atoms with Gasteiger partial charge in [0.15, 0.2) is 5.82 Å². The standard InChI is InChI=1S/C22H25N3O5S/c1-5-29-17-11-9-16(10-12-17)25-31(27,28)18-8-6-7-15(13-18)21(26)23-20-14-19(30-24-20)22(2,3)4/h6-14,25H,5H2,1-4H3,(H,23,24,26). The largest absolute Gasteiger partial charge is 0.494 e. The zero-order valence-corrected chi connectivity index (χ0v) is 18.6. The summed E-state index contributed by atoms with van der Waals surface area (Å²) < 4.78 is 38.6. The zero-order valence-electron chi connectivity index (χ0n) is 17.8. The van der Waals surface area contributed by atoms with Gasteiger partial charge in [-0.15, -0.1) is 0 Å². The maximum absolute atomic E-state index is 12.8. The van der Waals surface area contributed by atoms with Crippen molar-refractivity contribution in [2.45, 2.75) is 38.0 Å². The van der Waals surface area contributed by atoms with Gasteiger partial charge in [-0.3, -0.25) is 9.52 Å². The van der Waals surface area contributed by atoms with Crippen LogP contribution in [0, 0.1) is 0 Å². The van der Waals surface area contributed by atoms with Crippen molar-refractivity contribution in [2.75, 3.05) is 16.6 Å². The molecule has 3 aromatic rings. The molecular weight excluding hydrogens is 418 g/mol. The zero-order chi connectivity index (χ0) is 22.6. The van der Waals surface area contributed by atoms with Crippen LogP contribution in [0.5, 0.6) is 5.75 Å². The summed E-state index contributed by atoms with van der Waals surface area (Å²) in [5.74, 6) is 1.04. The number of ether oxygens (including phenoxy) is 1. The van der Waals surface area contributed by atoms with E-state index in [-0.39, 0.29) is 21.7 Å². The van der Waals surface area contributed by atoms with E-state index in [4.69, 9.17) is 9.26 Å². The van der Waals surface area contributed by atoms with E-state index in [1.807, 2.05) is 27.7 Å². The minimum Gasteiger partial charge on any atom is -0.494 e. The van der Waals surface area contributed by atoms with E-state index >= 15 is 0 Å². The third kappa shape index (κ3) is 5.64. The number of anilines is 2. The van der Waals surface area contributed by atoms with Gasteiger partial charge in [-0.05, 0) is 49.4 Å². The second kappa shape index (κ2) is 8.81. The highest BCUT2D eigenvalue weighted by Gasteiger charge is 2.21. The van der Waals surface area contributed by atoms with Gasteiger partial charge in [0, 0.05) is 22.7 Å². The second-order valence-corrected chi connectivity index (χ2v) is 9.55. The van der Waals surface area contributed by atoms with E-state index in [2.05, 4.69) is 15.2 Å². The van der Waals surface area contributed by atoms with Crippen molar-refractivity contribution in [2.24, 2.45) is 0 Å². The fourth-order valence-corrected chi connectivity index (χ4v) is 3.78. The van der Waals surface area contributed by atoms with Crippen molar-refractivity contribution in [1.29, 1.82) is 0 Å². The number of aromatic nitrogens is 1. The summed E-state index contributed by atoms with van der Waals surface area (Å²) in [7, 11) is -3.89. The fraction of sp³-hybridized carbons (Fsp3) is 0.273. The van der Waals surface area contributed by atoms with Crippen LogP contribution in [-0.4, -0.2) is 26.1 Å². The highest BCUT2D eigenvalue weighted by Crippen LogP contribution is 2.25. The Morgan fingerprint density at radius 1 is 1.10 bits per heavy atom. The minimum atomic E-state index is -3.89. The van der Waals surface area contributed by atoms with Crippen molar-refractivity contribution in [1.82, 2.24) is 5.16 Å². The van der Waals surface area contributed by atoms with E-state index in [1.165, 1.54) is 24.3 Å². The molecule has 0 unspecified atom stereocenters.